The lowest BCUT2D eigenvalue weighted by molar-refractivity contribution is 0.692. The van der Waals surface area contributed by atoms with Crippen LogP contribution in [0.3, 0.4) is 0 Å². The smallest absolute Gasteiger partial charge is 0.0724 e. The van der Waals surface area contributed by atoms with Gasteiger partial charge in [-0.1, -0.05) is 25.5 Å². The second kappa shape index (κ2) is 9.74. The van der Waals surface area contributed by atoms with Gasteiger partial charge in [-0.15, -0.1) is 13.2 Å². The van der Waals surface area contributed by atoms with Crippen LogP contribution in [0.4, 0.5) is 0 Å². The Balaban J connectivity index is 3.43. The number of rotatable bonds is 9. The highest BCUT2D eigenvalue weighted by Crippen LogP contribution is 1.99. The zero-order valence-electron chi connectivity index (χ0n) is 8.81. The lowest BCUT2D eigenvalue weighted by Crippen LogP contribution is -2.30. The molecule has 1 N–H and O–H groups in total. The summed E-state index contributed by atoms with van der Waals surface area (Å²) < 4.78 is 0. The number of unbranched alkanes of at least 4 members (excludes halogenated alkanes) is 1. The van der Waals surface area contributed by atoms with E-state index in [0.29, 0.717) is 0 Å². The highest BCUT2D eigenvalue weighted by atomic mass is 28.3. The van der Waals surface area contributed by atoms with Crippen molar-refractivity contribution in [2.75, 3.05) is 12.7 Å². The molecule has 0 spiro atoms. The molecule has 1 radical (unpaired) electrons. The van der Waals surface area contributed by atoms with E-state index in [4.69, 9.17) is 0 Å². The zero-order chi connectivity index (χ0) is 9.94. The lowest BCUT2D eigenvalue weighted by atomic mass is 10.3. The summed E-state index contributed by atoms with van der Waals surface area (Å²) in [5.41, 5.74) is 0. The van der Waals surface area contributed by atoms with Gasteiger partial charge >= 0.3 is 0 Å². The summed E-state index contributed by atoms with van der Waals surface area (Å²) in [6.07, 6.45) is 7.84. The van der Waals surface area contributed by atoms with E-state index in [2.05, 4.69) is 25.4 Å². The molecule has 0 bridgehead atoms. The van der Waals surface area contributed by atoms with Gasteiger partial charge in [0.2, 0.25) is 0 Å². The Bertz CT molecular complexity index is 124. The monoisotopic (exact) mass is 196 g/mol. The van der Waals surface area contributed by atoms with Crippen LogP contribution in [-0.2, 0) is 0 Å². The van der Waals surface area contributed by atoms with Crippen LogP contribution in [0.5, 0.6) is 0 Å². The first kappa shape index (κ1) is 12.7. The molecule has 0 aromatic heterocycles. The predicted molar refractivity (Wildman–Crippen MR) is 63.5 cm³/mol. The van der Waals surface area contributed by atoms with Crippen LogP contribution in [0, 0.1) is 0 Å². The summed E-state index contributed by atoms with van der Waals surface area (Å²) in [7, 11) is -0.274. The van der Waals surface area contributed by atoms with Gasteiger partial charge in [-0.3, -0.25) is 0 Å². The Kier molecular flexibility index (Phi) is 9.49. The van der Waals surface area contributed by atoms with Gasteiger partial charge in [-0.05, 0) is 31.2 Å². The second-order valence-electron chi connectivity index (χ2n) is 3.27. The van der Waals surface area contributed by atoms with Crippen LogP contribution in [0.1, 0.15) is 19.8 Å². The van der Waals surface area contributed by atoms with Crippen molar-refractivity contribution >= 4 is 8.80 Å². The second-order valence-corrected chi connectivity index (χ2v) is 5.94. The molecular weight excluding hydrogens is 174 g/mol. The van der Waals surface area contributed by atoms with Gasteiger partial charge in [0.1, 0.15) is 0 Å². The summed E-state index contributed by atoms with van der Waals surface area (Å²) in [4.78, 5) is 0. The molecule has 0 rings (SSSR count). The molecule has 0 heterocycles. The molecule has 13 heavy (non-hydrogen) atoms. The van der Waals surface area contributed by atoms with E-state index in [1.165, 1.54) is 37.6 Å². The SMILES string of the molecule is C=CC[Si](CC=C)CNCCCC. The Morgan fingerprint density at radius 3 is 2.31 bits per heavy atom. The summed E-state index contributed by atoms with van der Waals surface area (Å²) in [5, 5.41) is 3.51. The van der Waals surface area contributed by atoms with E-state index in [0.717, 1.165) is 0 Å². The fourth-order valence-corrected chi connectivity index (χ4v) is 3.01. The molecule has 0 aliphatic carbocycles. The van der Waals surface area contributed by atoms with Crippen molar-refractivity contribution < 1.29 is 0 Å². The molecule has 0 aliphatic heterocycles. The van der Waals surface area contributed by atoms with E-state index in [-0.39, 0.29) is 8.80 Å². The maximum atomic E-state index is 3.79. The summed E-state index contributed by atoms with van der Waals surface area (Å²) >= 11 is 0. The maximum Gasteiger partial charge on any atom is 0.0724 e. The van der Waals surface area contributed by atoms with Crippen LogP contribution in [0.25, 0.3) is 0 Å². The lowest BCUT2D eigenvalue weighted by Gasteiger charge is -2.11. The first-order valence-electron chi connectivity index (χ1n) is 5.11. The van der Waals surface area contributed by atoms with E-state index in [9.17, 15) is 0 Å². The number of hydrogen-bond acceptors (Lipinski definition) is 1. The molecule has 0 unspecified atom stereocenters. The minimum Gasteiger partial charge on any atom is -0.320 e. The third-order valence-electron chi connectivity index (χ3n) is 1.95. The van der Waals surface area contributed by atoms with Crippen LogP contribution in [0.15, 0.2) is 25.3 Å². The Labute approximate surface area is 84.5 Å². The Morgan fingerprint density at radius 1 is 1.23 bits per heavy atom. The third-order valence-corrected chi connectivity index (χ3v) is 4.43. The number of hydrogen-bond donors (Lipinski definition) is 1. The average molecular weight is 196 g/mol. The predicted octanol–water partition coefficient (Wildman–Crippen LogP) is 2.78. The highest BCUT2D eigenvalue weighted by molar-refractivity contribution is 6.60. The Hall–Kier alpha value is -0.343. The van der Waals surface area contributed by atoms with Gasteiger partial charge in [0.05, 0.1) is 8.80 Å². The van der Waals surface area contributed by atoms with Crippen LogP contribution in [-0.4, -0.2) is 21.5 Å². The highest BCUT2D eigenvalue weighted by Gasteiger charge is 2.05. The molecule has 0 saturated carbocycles. The summed E-state index contributed by atoms with van der Waals surface area (Å²) in [6.45, 7) is 11.0. The van der Waals surface area contributed by atoms with Crippen molar-refractivity contribution in [2.24, 2.45) is 0 Å². The zero-order valence-corrected chi connectivity index (χ0v) is 9.81. The molecule has 0 aliphatic rings. The first-order chi connectivity index (χ1) is 6.35. The fourth-order valence-electron chi connectivity index (χ4n) is 1.20. The van der Waals surface area contributed by atoms with E-state index in [1.807, 2.05) is 12.2 Å². The molecule has 2 heteroatoms. The van der Waals surface area contributed by atoms with Gasteiger partial charge < -0.3 is 5.32 Å². The van der Waals surface area contributed by atoms with Crippen molar-refractivity contribution in [1.29, 1.82) is 0 Å². The topological polar surface area (TPSA) is 12.0 Å². The summed E-state index contributed by atoms with van der Waals surface area (Å²) in [5.74, 6) is 0. The van der Waals surface area contributed by atoms with Crippen molar-refractivity contribution in [3.63, 3.8) is 0 Å². The maximum absolute atomic E-state index is 3.79. The van der Waals surface area contributed by atoms with Crippen molar-refractivity contribution in [2.45, 2.75) is 31.9 Å². The number of nitrogens with one attached hydrogen (secondary N) is 1. The molecule has 0 fully saturated rings. The third kappa shape index (κ3) is 8.00. The van der Waals surface area contributed by atoms with Crippen LogP contribution < -0.4 is 5.32 Å². The molecule has 0 amide bonds. The van der Waals surface area contributed by atoms with E-state index in [1.54, 1.807) is 0 Å². The van der Waals surface area contributed by atoms with E-state index < -0.39 is 0 Å². The van der Waals surface area contributed by atoms with Crippen LogP contribution >= 0.6 is 0 Å². The molecule has 75 valence electrons. The van der Waals surface area contributed by atoms with Crippen molar-refractivity contribution in [3.05, 3.63) is 25.3 Å². The van der Waals surface area contributed by atoms with Crippen molar-refractivity contribution in [1.82, 2.24) is 5.32 Å². The standard InChI is InChI=1S/C11H22NSi/c1-4-7-8-12-11-13(9-5-2)10-6-3/h5-6,12H,2-4,7-11H2,1H3. The quantitative estimate of drug-likeness (QED) is 0.340. The first-order valence-corrected chi connectivity index (χ1v) is 7.23. The molecule has 0 atom stereocenters. The van der Waals surface area contributed by atoms with Gasteiger partial charge in [0, 0.05) is 0 Å². The molecule has 0 aromatic rings. The fraction of sp³-hybridized carbons (Fsp3) is 0.636. The van der Waals surface area contributed by atoms with E-state index >= 15 is 0 Å². The minimum atomic E-state index is -0.274. The van der Waals surface area contributed by atoms with Crippen LogP contribution in [0.2, 0.25) is 12.1 Å². The minimum absolute atomic E-state index is 0.274. The molecule has 0 saturated heterocycles. The normalized spacial score (nSPS) is 10.3. The van der Waals surface area contributed by atoms with Gasteiger partial charge in [0.15, 0.2) is 0 Å². The van der Waals surface area contributed by atoms with Gasteiger partial charge in [0.25, 0.3) is 0 Å². The molecule has 1 nitrogen and oxygen atoms in total. The number of allylic oxidation sites excluding steroid dienone is 2. The Morgan fingerprint density at radius 2 is 1.85 bits per heavy atom. The summed E-state index contributed by atoms with van der Waals surface area (Å²) in [6, 6.07) is 2.38. The largest absolute Gasteiger partial charge is 0.320 e. The van der Waals surface area contributed by atoms with Gasteiger partial charge in [-0.25, -0.2) is 0 Å². The molecular formula is C11H22NSi. The van der Waals surface area contributed by atoms with Crippen molar-refractivity contribution in [3.8, 4) is 0 Å². The van der Waals surface area contributed by atoms with Gasteiger partial charge in [-0.2, -0.15) is 0 Å². The molecule has 0 aromatic carbocycles. The average Bonchev–Trinajstić information content (AvgIpc) is 2.13.